The van der Waals surface area contributed by atoms with Crippen LogP contribution in [-0.4, -0.2) is 46.0 Å². The zero-order valence-electron chi connectivity index (χ0n) is 13.9. The molecule has 24 heavy (non-hydrogen) atoms. The average molecular weight is 357 g/mol. The fraction of sp³-hybridized carbons (Fsp3) is 0.500. The van der Waals surface area contributed by atoms with E-state index in [9.17, 15) is 18.5 Å². The fourth-order valence-corrected chi connectivity index (χ4v) is 2.81. The molecule has 0 atom stereocenters. The van der Waals surface area contributed by atoms with Gasteiger partial charge in [0.25, 0.3) is 5.69 Å². The number of nitrogens with zero attached hydrogens (tertiary/aromatic N) is 2. The Kier molecular flexibility index (Phi) is 7.59. The summed E-state index contributed by atoms with van der Waals surface area (Å²) in [4.78, 5) is 14.0. The van der Waals surface area contributed by atoms with Crippen molar-refractivity contribution in [1.82, 2.24) is 15.4 Å². The SMILES string of the molecule is CN=C(NCCNS(=O)(=O)c1cccc([N+](=O)[O-])c1)NCC(C)C. The first-order chi connectivity index (χ1) is 11.3. The number of sulfonamides is 1. The van der Waals surface area contributed by atoms with Crippen LogP contribution in [-0.2, 0) is 10.0 Å². The highest BCUT2D eigenvalue weighted by Gasteiger charge is 2.16. The molecule has 9 nitrogen and oxygen atoms in total. The molecule has 10 heteroatoms. The van der Waals surface area contributed by atoms with Crippen molar-refractivity contribution in [2.45, 2.75) is 18.7 Å². The Morgan fingerprint density at radius 3 is 2.58 bits per heavy atom. The molecule has 0 spiro atoms. The average Bonchev–Trinajstić information content (AvgIpc) is 2.54. The predicted molar refractivity (Wildman–Crippen MR) is 92.5 cm³/mol. The summed E-state index contributed by atoms with van der Waals surface area (Å²) in [6.45, 7) is 5.32. The smallest absolute Gasteiger partial charge is 0.270 e. The van der Waals surface area contributed by atoms with E-state index in [0.717, 1.165) is 12.6 Å². The molecule has 0 radical (unpaired) electrons. The van der Waals surface area contributed by atoms with Crippen LogP contribution in [0.15, 0.2) is 34.2 Å². The Morgan fingerprint density at radius 1 is 1.29 bits per heavy atom. The Morgan fingerprint density at radius 2 is 2.00 bits per heavy atom. The van der Waals surface area contributed by atoms with Gasteiger partial charge in [-0.25, -0.2) is 13.1 Å². The number of hydrogen-bond acceptors (Lipinski definition) is 5. The Hall–Kier alpha value is -2.20. The van der Waals surface area contributed by atoms with Gasteiger partial charge in [-0.3, -0.25) is 15.1 Å². The number of nitro benzene ring substituents is 1. The molecule has 1 rings (SSSR count). The second-order valence-electron chi connectivity index (χ2n) is 5.43. The molecule has 134 valence electrons. The van der Waals surface area contributed by atoms with Gasteiger partial charge in [-0.1, -0.05) is 19.9 Å². The van der Waals surface area contributed by atoms with Crippen molar-refractivity contribution in [2.24, 2.45) is 10.9 Å². The topological polar surface area (TPSA) is 126 Å². The molecule has 0 bridgehead atoms. The van der Waals surface area contributed by atoms with Crippen LogP contribution in [0.25, 0.3) is 0 Å². The van der Waals surface area contributed by atoms with Crippen molar-refractivity contribution in [3.05, 3.63) is 34.4 Å². The molecular weight excluding hydrogens is 334 g/mol. The van der Waals surface area contributed by atoms with E-state index in [1.165, 1.54) is 18.2 Å². The van der Waals surface area contributed by atoms with E-state index >= 15 is 0 Å². The van der Waals surface area contributed by atoms with E-state index in [4.69, 9.17) is 0 Å². The molecular formula is C14H23N5O4S. The molecule has 0 aliphatic carbocycles. The Balaban J connectivity index is 2.54. The first kappa shape index (κ1) is 19.8. The van der Waals surface area contributed by atoms with Gasteiger partial charge in [0.2, 0.25) is 10.0 Å². The standard InChI is InChI=1S/C14H23N5O4S/c1-11(2)10-17-14(15-3)16-7-8-18-24(22,23)13-6-4-5-12(9-13)19(20)21/h4-6,9,11,18H,7-8,10H2,1-3H3,(H2,15,16,17). The van der Waals surface area contributed by atoms with Crippen LogP contribution in [0, 0.1) is 16.0 Å². The number of hydrogen-bond donors (Lipinski definition) is 3. The zero-order chi connectivity index (χ0) is 18.2. The first-order valence-electron chi connectivity index (χ1n) is 7.45. The third-order valence-corrected chi connectivity index (χ3v) is 4.41. The number of benzene rings is 1. The van der Waals surface area contributed by atoms with Crippen molar-refractivity contribution < 1.29 is 13.3 Å². The minimum absolute atomic E-state index is 0.118. The van der Waals surface area contributed by atoms with Crippen LogP contribution < -0.4 is 15.4 Å². The van der Waals surface area contributed by atoms with Gasteiger partial charge in [-0.05, 0) is 12.0 Å². The molecule has 1 aromatic carbocycles. The fourth-order valence-electron chi connectivity index (χ4n) is 1.74. The summed E-state index contributed by atoms with van der Waals surface area (Å²) < 4.78 is 26.6. The summed E-state index contributed by atoms with van der Waals surface area (Å²) in [5, 5.41) is 16.8. The maximum Gasteiger partial charge on any atom is 0.270 e. The second-order valence-corrected chi connectivity index (χ2v) is 7.19. The van der Waals surface area contributed by atoms with Gasteiger partial charge in [-0.15, -0.1) is 0 Å². The molecule has 0 heterocycles. The molecule has 0 saturated carbocycles. The molecule has 0 amide bonds. The normalized spacial score (nSPS) is 12.2. The van der Waals surface area contributed by atoms with Gasteiger partial charge in [0.05, 0.1) is 9.82 Å². The van der Waals surface area contributed by atoms with Crippen LogP contribution in [0.1, 0.15) is 13.8 Å². The number of rotatable bonds is 8. The number of nitro groups is 1. The van der Waals surface area contributed by atoms with Crippen LogP contribution in [0.3, 0.4) is 0 Å². The predicted octanol–water partition coefficient (Wildman–Crippen LogP) is 0.694. The third-order valence-electron chi connectivity index (χ3n) is 2.95. The molecule has 0 fully saturated rings. The molecule has 3 N–H and O–H groups in total. The second kappa shape index (κ2) is 9.18. The number of aliphatic imine (C=N–C) groups is 1. The van der Waals surface area contributed by atoms with Crippen LogP contribution >= 0.6 is 0 Å². The van der Waals surface area contributed by atoms with E-state index in [-0.39, 0.29) is 17.1 Å². The minimum Gasteiger partial charge on any atom is -0.356 e. The number of guanidine groups is 1. The van der Waals surface area contributed by atoms with Crippen molar-refractivity contribution >= 4 is 21.7 Å². The monoisotopic (exact) mass is 357 g/mol. The van der Waals surface area contributed by atoms with E-state index in [1.54, 1.807) is 7.05 Å². The molecule has 0 saturated heterocycles. The molecule has 1 aromatic rings. The first-order valence-corrected chi connectivity index (χ1v) is 8.93. The molecule has 0 aliphatic rings. The minimum atomic E-state index is -3.80. The van der Waals surface area contributed by atoms with Gasteiger partial charge in [0.15, 0.2) is 5.96 Å². The summed E-state index contributed by atoms with van der Waals surface area (Å²) in [6.07, 6.45) is 0. The summed E-state index contributed by atoms with van der Waals surface area (Å²) in [5.74, 6) is 1.04. The van der Waals surface area contributed by atoms with Crippen molar-refractivity contribution in [2.75, 3.05) is 26.7 Å². The van der Waals surface area contributed by atoms with Crippen LogP contribution in [0.5, 0.6) is 0 Å². The van der Waals surface area contributed by atoms with Gasteiger partial charge in [-0.2, -0.15) is 0 Å². The van der Waals surface area contributed by atoms with Gasteiger partial charge in [0.1, 0.15) is 0 Å². The summed E-state index contributed by atoms with van der Waals surface area (Å²) >= 11 is 0. The van der Waals surface area contributed by atoms with Crippen LogP contribution in [0.4, 0.5) is 5.69 Å². The lowest BCUT2D eigenvalue weighted by Crippen LogP contribution is -2.42. The summed E-state index contributed by atoms with van der Waals surface area (Å²) in [5.41, 5.74) is -0.269. The molecule has 0 aromatic heterocycles. The van der Waals surface area contributed by atoms with E-state index in [0.29, 0.717) is 18.4 Å². The lowest BCUT2D eigenvalue weighted by molar-refractivity contribution is -0.385. The maximum atomic E-state index is 12.1. The number of non-ortho nitro benzene ring substituents is 1. The highest BCUT2D eigenvalue weighted by molar-refractivity contribution is 7.89. The Bertz CT molecular complexity index is 688. The van der Waals surface area contributed by atoms with E-state index in [2.05, 4.69) is 34.2 Å². The van der Waals surface area contributed by atoms with E-state index in [1.807, 2.05) is 0 Å². The lowest BCUT2D eigenvalue weighted by Gasteiger charge is -2.13. The van der Waals surface area contributed by atoms with Crippen molar-refractivity contribution in [3.8, 4) is 0 Å². The van der Waals surface area contributed by atoms with Crippen molar-refractivity contribution in [1.29, 1.82) is 0 Å². The highest BCUT2D eigenvalue weighted by atomic mass is 32.2. The molecule has 0 unspecified atom stereocenters. The van der Waals surface area contributed by atoms with Gasteiger partial charge >= 0.3 is 0 Å². The quantitative estimate of drug-likeness (QED) is 0.207. The maximum absolute atomic E-state index is 12.1. The highest BCUT2D eigenvalue weighted by Crippen LogP contribution is 2.16. The Labute approximate surface area is 141 Å². The summed E-state index contributed by atoms with van der Waals surface area (Å²) in [6, 6.07) is 4.92. The lowest BCUT2D eigenvalue weighted by atomic mass is 10.2. The van der Waals surface area contributed by atoms with E-state index < -0.39 is 14.9 Å². The zero-order valence-corrected chi connectivity index (χ0v) is 14.8. The summed E-state index contributed by atoms with van der Waals surface area (Å²) in [7, 11) is -2.17. The number of nitrogens with one attached hydrogen (secondary N) is 3. The largest absolute Gasteiger partial charge is 0.356 e. The van der Waals surface area contributed by atoms with Crippen molar-refractivity contribution in [3.63, 3.8) is 0 Å². The van der Waals surface area contributed by atoms with Gasteiger partial charge in [0, 0.05) is 38.8 Å². The third kappa shape index (κ3) is 6.50. The van der Waals surface area contributed by atoms with Gasteiger partial charge < -0.3 is 10.6 Å². The molecule has 0 aliphatic heterocycles. The van der Waals surface area contributed by atoms with Crippen LogP contribution in [0.2, 0.25) is 0 Å².